The minimum atomic E-state index is -1.30. The Labute approximate surface area is 423 Å². The fourth-order valence-electron chi connectivity index (χ4n) is 9.26. The molecule has 0 heterocycles. The van der Waals surface area contributed by atoms with E-state index in [0.717, 1.165) is 51.4 Å². The summed E-state index contributed by atoms with van der Waals surface area (Å²) in [5, 5.41) is 44.0. The van der Waals surface area contributed by atoms with Gasteiger partial charge in [0.1, 0.15) is 12.2 Å². The SMILES string of the molecule is CCCCCCCCCCCCCC/C=C\CCCCCCCCCCCCC(O)C(=O)NC(CO)C(O)C(O)CCC/C=C/CC/C=C/CC/C=C/CCCCCCCCCCCCCCC. The Morgan fingerprint density at radius 3 is 0.926 bits per heavy atom. The third-order valence-corrected chi connectivity index (χ3v) is 14.0. The number of aliphatic hydroxyl groups is 4. The van der Waals surface area contributed by atoms with E-state index in [1.165, 1.54) is 225 Å². The summed E-state index contributed by atoms with van der Waals surface area (Å²) in [5.41, 5.74) is 0. The van der Waals surface area contributed by atoms with Gasteiger partial charge in [-0.3, -0.25) is 4.79 Å². The van der Waals surface area contributed by atoms with Crippen molar-refractivity contribution in [2.45, 2.75) is 334 Å². The Balaban J connectivity index is 3.69. The molecule has 1 amide bonds. The number of allylic oxidation sites excluding steroid dienone is 8. The Hall–Kier alpha value is -1.73. The molecule has 0 saturated heterocycles. The topological polar surface area (TPSA) is 110 Å². The first-order valence-electron chi connectivity index (χ1n) is 30.0. The lowest BCUT2D eigenvalue weighted by molar-refractivity contribution is -0.132. The van der Waals surface area contributed by atoms with Gasteiger partial charge in [-0.15, -0.1) is 0 Å². The van der Waals surface area contributed by atoms with E-state index in [9.17, 15) is 25.2 Å². The number of rotatable bonds is 55. The lowest BCUT2D eigenvalue weighted by Crippen LogP contribution is -2.53. The van der Waals surface area contributed by atoms with Gasteiger partial charge in [0.15, 0.2) is 0 Å². The largest absolute Gasteiger partial charge is 0.394 e. The standard InChI is InChI=1S/C62H117NO5/c1-3-5-7-9-11-13-15-17-19-21-23-25-27-29-31-33-35-37-39-41-43-45-47-49-51-53-55-59(65)61(67)58(57-64)63-62(68)60(66)56-54-52-50-48-46-44-42-40-38-36-34-32-30-28-26-24-22-20-18-16-14-12-10-8-6-4-2/h30-33,39,41,47,49,58-61,64-67H,3-29,34-38,40,42-46,48,50-57H2,1-2H3,(H,63,68)/b32-30-,33-31+,41-39+,49-47+. The number of carbonyl (C=O) groups is 1. The molecule has 0 fully saturated rings. The van der Waals surface area contributed by atoms with E-state index >= 15 is 0 Å². The van der Waals surface area contributed by atoms with E-state index in [1.807, 2.05) is 0 Å². The molecular formula is C62H117NO5. The zero-order chi connectivity index (χ0) is 49.5. The summed E-state index contributed by atoms with van der Waals surface area (Å²) in [6.07, 6.45) is 71.9. The number of aliphatic hydroxyl groups excluding tert-OH is 4. The highest BCUT2D eigenvalue weighted by Gasteiger charge is 2.28. The highest BCUT2D eigenvalue weighted by Crippen LogP contribution is 2.17. The highest BCUT2D eigenvalue weighted by atomic mass is 16.3. The second-order valence-electron chi connectivity index (χ2n) is 20.7. The van der Waals surface area contributed by atoms with Crippen LogP contribution in [0.4, 0.5) is 0 Å². The van der Waals surface area contributed by atoms with Gasteiger partial charge in [-0.25, -0.2) is 0 Å². The molecule has 0 aliphatic carbocycles. The van der Waals surface area contributed by atoms with Crippen LogP contribution in [0, 0.1) is 0 Å². The van der Waals surface area contributed by atoms with Crippen LogP contribution >= 0.6 is 0 Å². The van der Waals surface area contributed by atoms with E-state index < -0.39 is 36.9 Å². The molecule has 4 unspecified atom stereocenters. The molecule has 68 heavy (non-hydrogen) atoms. The zero-order valence-corrected chi connectivity index (χ0v) is 45.4. The summed E-state index contributed by atoms with van der Waals surface area (Å²) in [7, 11) is 0. The van der Waals surface area contributed by atoms with Gasteiger partial charge in [-0.05, 0) is 89.9 Å². The minimum Gasteiger partial charge on any atom is -0.394 e. The smallest absolute Gasteiger partial charge is 0.249 e. The average Bonchev–Trinajstić information content (AvgIpc) is 3.34. The summed E-state index contributed by atoms with van der Waals surface area (Å²) < 4.78 is 0. The molecule has 0 bridgehead atoms. The maximum atomic E-state index is 12.6. The highest BCUT2D eigenvalue weighted by molar-refractivity contribution is 5.80. The Morgan fingerprint density at radius 2 is 0.618 bits per heavy atom. The van der Waals surface area contributed by atoms with Gasteiger partial charge in [0.25, 0.3) is 0 Å². The zero-order valence-electron chi connectivity index (χ0n) is 45.4. The van der Waals surface area contributed by atoms with Gasteiger partial charge in [0, 0.05) is 0 Å². The molecule has 0 saturated carbocycles. The molecule has 0 rings (SSSR count). The van der Waals surface area contributed by atoms with Gasteiger partial charge >= 0.3 is 0 Å². The van der Waals surface area contributed by atoms with Gasteiger partial charge < -0.3 is 25.7 Å². The van der Waals surface area contributed by atoms with Crippen molar-refractivity contribution in [1.82, 2.24) is 5.32 Å². The predicted molar refractivity (Wildman–Crippen MR) is 297 cm³/mol. The van der Waals surface area contributed by atoms with Crippen molar-refractivity contribution in [2.75, 3.05) is 6.61 Å². The molecule has 0 aromatic carbocycles. The molecule has 0 aromatic heterocycles. The summed E-state index contributed by atoms with van der Waals surface area (Å²) in [5.74, 6) is -0.598. The number of carbonyl (C=O) groups excluding carboxylic acids is 1. The molecule has 0 spiro atoms. The summed E-state index contributed by atoms with van der Waals surface area (Å²) in [4.78, 5) is 12.6. The average molecular weight is 957 g/mol. The van der Waals surface area contributed by atoms with Gasteiger partial charge in [0.05, 0.1) is 18.8 Å². The van der Waals surface area contributed by atoms with Crippen LogP contribution in [0.15, 0.2) is 48.6 Å². The van der Waals surface area contributed by atoms with Crippen molar-refractivity contribution in [1.29, 1.82) is 0 Å². The first-order chi connectivity index (χ1) is 33.5. The van der Waals surface area contributed by atoms with Crippen molar-refractivity contribution in [3.05, 3.63) is 48.6 Å². The number of hydrogen-bond donors (Lipinski definition) is 5. The van der Waals surface area contributed by atoms with Gasteiger partial charge in [0.2, 0.25) is 5.91 Å². The summed E-state index contributed by atoms with van der Waals surface area (Å²) >= 11 is 0. The Bertz CT molecular complexity index is 1120. The van der Waals surface area contributed by atoms with E-state index in [-0.39, 0.29) is 0 Å². The van der Waals surface area contributed by atoms with Gasteiger partial charge in [-0.2, -0.15) is 0 Å². The Morgan fingerprint density at radius 1 is 0.353 bits per heavy atom. The molecule has 5 N–H and O–H groups in total. The summed E-state index contributed by atoms with van der Waals surface area (Å²) in [6.45, 7) is 4.07. The van der Waals surface area contributed by atoms with Crippen LogP contribution in [0.3, 0.4) is 0 Å². The van der Waals surface area contributed by atoms with Crippen LogP contribution in [0.1, 0.15) is 309 Å². The van der Waals surface area contributed by atoms with Crippen LogP contribution in [0.2, 0.25) is 0 Å². The second-order valence-corrected chi connectivity index (χ2v) is 20.7. The minimum absolute atomic E-state index is 0.357. The normalized spacial score (nSPS) is 14.0. The van der Waals surface area contributed by atoms with Crippen LogP contribution in [-0.4, -0.2) is 57.3 Å². The maximum Gasteiger partial charge on any atom is 0.249 e. The first-order valence-corrected chi connectivity index (χ1v) is 30.0. The molecule has 400 valence electrons. The van der Waals surface area contributed by atoms with E-state index in [4.69, 9.17) is 0 Å². The van der Waals surface area contributed by atoms with Crippen molar-refractivity contribution in [2.24, 2.45) is 0 Å². The fourth-order valence-corrected chi connectivity index (χ4v) is 9.26. The van der Waals surface area contributed by atoms with Crippen LogP contribution in [-0.2, 0) is 4.79 Å². The number of unbranched alkanes of at least 4 members (excludes halogenated alkanes) is 38. The molecule has 0 radical (unpaired) electrons. The number of amides is 1. The maximum absolute atomic E-state index is 12.6. The lowest BCUT2D eigenvalue weighted by Gasteiger charge is -2.27. The molecule has 6 heteroatoms. The van der Waals surface area contributed by atoms with Crippen molar-refractivity contribution >= 4 is 5.91 Å². The van der Waals surface area contributed by atoms with Crippen LogP contribution < -0.4 is 5.32 Å². The van der Waals surface area contributed by atoms with Crippen molar-refractivity contribution in [3.8, 4) is 0 Å². The first kappa shape index (κ1) is 66.3. The number of hydrogen-bond acceptors (Lipinski definition) is 5. The summed E-state index contributed by atoms with van der Waals surface area (Å²) in [6, 6.07) is -1.01. The molecule has 6 nitrogen and oxygen atoms in total. The third-order valence-electron chi connectivity index (χ3n) is 14.0. The van der Waals surface area contributed by atoms with Crippen LogP contribution in [0.5, 0.6) is 0 Å². The Kier molecular flexibility index (Phi) is 54.8. The van der Waals surface area contributed by atoms with E-state index in [1.54, 1.807) is 0 Å². The molecule has 0 aliphatic heterocycles. The predicted octanol–water partition coefficient (Wildman–Crippen LogP) is 17.8. The van der Waals surface area contributed by atoms with Gasteiger partial charge in [-0.1, -0.05) is 268 Å². The molecule has 0 aromatic rings. The second kappa shape index (κ2) is 56.2. The van der Waals surface area contributed by atoms with Crippen LogP contribution in [0.25, 0.3) is 0 Å². The molecule has 0 aliphatic rings. The lowest BCUT2D eigenvalue weighted by atomic mass is 10.00. The molecular weight excluding hydrogens is 839 g/mol. The van der Waals surface area contributed by atoms with E-state index in [2.05, 4.69) is 67.8 Å². The van der Waals surface area contributed by atoms with Crippen molar-refractivity contribution in [3.63, 3.8) is 0 Å². The van der Waals surface area contributed by atoms with Crippen molar-refractivity contribution < 1.29 is 25.2 Å². The third kappa shape index (κ3) is 49.3. The molecule has 4 atom stereocenters. The fraction of sp³-hybridized carbons (Fsp3) is 0.855. The number of nitrogens with one attached hydrogen (secondary N) is 1. The monoisotopic (exact) mass is 956 g/mol. The van der Waals surface area contributed by atoms with E-state index in [0.29, 0.717) is 19.3 Å². The quantitative estimate of drug-likeness (QED) is 0.0308.